The van der Waals surface area contributed by atoms with Crippen molar-refractivity contribution in [2.45, 2.75) is 19.3 Å². The lowest BCUT2D eigenvalue weighted by atomic mass is 9.82. The molecule has 0 spiro atoms. The van der Waals surface area contributed by atoms with Crippen LogP contribution in [-0.4, -0.2) is 0 Å². The second-order valence-corrected chi connectivity index (χ2v) is 16.1. The summed E-state index contributed by atoms with van der Waals surface area (Å²) in [6.07, 6.45) is 0. The SMILES string of the molecule is CC1(C)c2ccccc2-c2ccc(N(c3ccc(-c4cccc5ccccc45)cc3)c3cccc(-c4cc5ccccc5c5ccccc45)c3-c3ccccc3)cc21. The Morgan fingerprint density at radius 1 is 0.328 bits per heavy atom. The van der Waals surface area contributed by atoms with Crippen LogP contribution in [0.25, 0.3) is 76.8 Å². The van der Waals surface area contributed by atoms with Gasteiger partial charge in [0, 0.05) is 22.4 Å². The van der Waals surface area contributed by atoms with Gasteiger partial charge in [-0.3, -0.25) is 0 Å². The molecule has 10 aromatic carbocycles. The molecule has 274 valence electrons. The average Bonchev–Trinajstić information content (AvgIpc) is 3.51. The topological polar surface area (TPSA) is 3.24 Å². The quantitative estimate of drug-likeness (QED) is 0.154. The molecular formula is C57H41N. The lowest BCUT2D eigenvalue weighted by molar-refractivity contribution is 0.660. The summed E-state index contributed by atoms with van der Waals surface area (Å²) in [5.41, 5.74) is 15.9. The van der Waals surface area contributed by atoms with Crippen LogP contribution in [0.5, 0.6) is 0 Å². The molecule has 58 heavy (non-hydrogen) atoms. The monoisotopic (exact) mass is 739 g/mol. The molecule has 0 radical (unpaired) electrons. The molecule has 0 bridgehead atoms. The zero-order chi connectivity index (χ0) is 38.8. The van der Waals surface area contributed by atoms with Gasteiger partial charge in [-0.1, -0.05) is 190 Å². The van der Waals surface area contributed by atoms with Crippen molar-refractivity contribution in [2.75, 3.05) is 4.90 Å². The normalized spacial score (nSPS) is 12.8. The fraction of sp³-hybridized carbons (Fsp3) is 0.0526. The molecule has 1 aliphatic carbocycles. The van der Waals surface area contributed by atoms with Gasteiger partial charge in [0.2, 0.25) is 0 Å². The number of fused-ring (bicyclic) bond motifs is 7. The number of hydrogen-bond acceptors (Lipinski definition) is 1. The first-order valence-electron chi connectivity index (χ1n) is 20.3. The summed E-state index contributed by atoms with van der Waals surface area (Å²) >= 11 is 0. The van der Waals surface area contributed by atoms with Gasteiger partial charge in [-0.25, -0.2) is 0 Å². The maximum Gasteiger partial charge on any atom is 0.0546 e. The second-order valence-electron chi connectivity index (χ2n) is 16.1. The first-order valence-corrected chi connectivity index (χ1v) is 20.3. The van der Waals surface area contributed by atoms with E-state index in [4.69, 9.17) is 0 Å². The van der Waals surface area contributed by atoms with Crippen molar-refractivity contribution in [3.63, 3.8) is 0 Å². The predicted molar refractivity (Wildman–Crippen MR) is 248 cm³/mol. The van der Waals surface area contributed by atoms with Gasteiger partial charge in [0.15, 0.2) is 0 Å². The summed E-state index contributed by atoms with van der Waals surface area (Å²) in [4.78, 5) is 2.49. The molecule has 0 aliphatic heterocycles. The third-order valence-electron chi connectivity index (χ3n) is 12.5. The van der Waals surface area contributed by atoms with Gasteiger partial charge in [-0.15, -0.1) is 0 Å². The van der Waals surface area contributed by atoms with E-state index in [1.807, 2.05) is 0 Å². The summed E-state index contributed by atoms with van der Waals surface area (Å²) in [6.45, 7) is 4.73. The lowest BCUT2D eigenvalue weighted by Crippen LogP contribution is -2.17. The van der Waals surface area contributed by atoms with E-state index in [9.17, 15) is 0 Å². The standard InChI is InChI=1S/C57H41N/c1-57(2)53-28-13-12-25-49(53)50-35-34-43(37-54(50)57)58(42-32-30-39(31-33-42)45-26-14-20-38-16-6-8-21-44(38)45)55-29-15-27-51(56(55)40-17-4-3-5-18-40)52-36-41-19-7-9-22-46(41)47-23-10-11-24-48(47)52/h3-37H,1-2H3. The van der Waals surface area contributed by atoms with Crippen LogP contribution in [0.15, 0.2) is 212 Å². The highest BCUT2D eigenvalue weighted by Crippen LogP contribution is 2.52. The van der Waals surface area contributed by atoms with E-state index in [0.29, 0.717) is 0 Å². The van der Waals surface area contributed by atoms with Crippen molar-refractivity contribution in [1.82, 2.24) is 0 Å². The Hall–Kier alpha value is -7.22. The van der Waals surface area contributed by atoms with Crippen LogP contribution in [0.2, 0.25) is 0 Å². The number of nitrogens with zero attached hydrogens (tertiary/aromatic N) is 1. The fourth-order valence-electron chi connectivity index (χ4n) is 9.66. The van der Waals surface area contributed by atoms with Crippen molar-refractivity contribution >= 4 is 49.4 Å². The maximum absolute atomic E-state index is 2.49. The minimum Gasteiger partial charge on any atom is -0.310 e. The van der Waals surface area contributed by atoms with Gasteiger partial charge < -0.3 is 4.90 Å². The van der Waals surface area contributed by atoms with Crippen LogP contribution in [-0.2, 0) is 5.41 Å². The van der Waals surface area contributed by atoms with E-state index in [2.05, 4.69) is 231 Å². The molecule has 0 saturated carbocycles. The molecule has 11 rings (SSSR count). The highest BCUT2D eigenvalue weighted by atomic mass is 15.1. The highest BCUT2D eigenvalue weighted by molar-refractivity contribution is 6.15. The van der Waals surface area contributed by atoms with Crippen molar-refractivity contribution in [2.24, 2.45) is 0 Å². The molecule has 0 amide bonds. The maximum atomic E-state index is 2.49. The van der Waals surface area contributed by atoms with Crippen LogP contribution in [0, 0.1) is 0 Å². The van der Waals surface area contributed by atoms with Crippen molar-refractivity contribution in [3.05, 3.63) is 223 Å². The summed E-state index contributed by atoms with van der Waals surface area (Å²) in [6, 6.07) is 78.3. The molecule has 1 aliphatic rings. The number of anilines is 3. The fourth-order valence-corrected chi connectivity index (χ4v) is 9.66. The molecule has 0 heterocycles. The number of hydrogen-bond donors (Lipinski definition) is 0. The Balaban J connectivity index is 1.17. The van der Waals surface area contributed by atoms with Crippen molar-refractivity contribution < 1.29 is 0 Å². The predicted octanol–water partition coefficient (Wildman–Crippen LogP) is 15.9. The first-order chi connectivity index (χ1) is 28.5. The average molecular weight is 740 g/mol. The molecule has 0 saturated heterocycles. The van der Waals surface area contributed by atoms with E-state index in [-0.39, 0.29) is 5.41 Å². The third kappa shape index (κ3) is 5.39. The minimum absolute atomic E-state index is 0.139. The Kier molecular flexibility index (Phi) is 7.91. The van der Waals surface area contributed by atoms with E-state index >= 15 is 0 Å². The molecule has 0 unspecified atom stereocenters. The van der Waals surface area contributed by atoms with Crippen LogP contribution in [0.1, 0.15) is 25.0 Å². The van der Waals surface area contributed by atoms with Crippen LogP contribution >= 0.6 is 0 Å². The van der Waals surface area contributed by atoms with Gasteiger partial charge in [-0.2, -0.15) is 0 Å². The molecule has 0 atom stereocenters. The smallest absolute Gasteiger partial charge is 0.0546 e. The Bertz CT molecular complexity index is 3180. The molecule has 0 aromatic heterocycles. The van der Waals surface area contributed by atoms with Crippen LogP contribution < -0.4 is 4.90 Å². The van der Waals surface area contributed by atoms with E-state index in [1.165, 1.54) is 88.0 Å². The van der Waals surface area contributed by atoms with Gasteiger partial charge in [0.1, 0.15) is 0 Å². The van der Waals surface area contributed by atoms with E-state index in [1.54, 1.807) is 0 Å². The van der Waals surface area contributed by atoms with Crippen LogP contribution in [0.3, 0.4) is 0 Å². The summed E-state index contributed by atoms with van der Waals surface area (Å²) in [5.74, 6) is 0. The zero-order valence-electron chi connectivity index (χ0n) is 32.7. The minimum atomic E-state index is -0.139. The van der Waals surface area contributed by atoms with E-state index < -0.39 is 0 Å². The Labute approximate surface area is 340 Å². The summed E-state index contributed by atoms with van der Waals surface area (Å²) in [5, 5.41) is 7.53. The third-order valence-corrected chi connectivity index (χ3v) is 12.5. The number of benzene rings is 10. The first kappa shape index (κ1) is 34.1. The van der Waals surface area contributed by atoms with Crippen molar-refractivity contribution in [1.29, 1.82) is 0 Å². The number of rotatable bonds is 6. The van der Waals surface area contributed by atoms with Crippen molar-refractivity contribution in [3.8, 4) is 44.5 Å². The Morgan fingerprint density at radius 2 is 0.914 bits per heavy atom. The summed E-state index contributed by atoms with van der Waals surface area (Å²) < 4.78 is 0. The molecule has 0 N–H and O–H groups in total. The zero-order valence-corrected chi connectivity index (χ0v) is 32.7. The van der Waals surface area contributed by atoms with Gasteiger partial charge in [-0.05, 0) is 119 Å². The molecule has 1 heteroatoms. The molecule has 1 nitrogen and oxygen atoms in total. The Morgan fingerprint density at radius 3 is 1.74 bits per heavy atom. The van der Waals surface area contributed by atoms with Gasteiger partial charge in [0.25, 0.3) is 0 Å². The lowest BCUT2D eigenvalue weighted by Gasteiger charge is -2.31. The van der Waals surface area contributed by atoms with Crippen LogP contribution in [0.4, 0.5) is 17.1 Å². The van der Waals surface area contributed by atoms with Gasteiger partial charge >= 0.3 is 0 Å². The summed E-state index contributed by atoms with van der Waals surface area (Å²) in [7, 11) is 0. The molecule has 10 aromatic rings. The second kappa shape index (κ2) is 13.5. The largest absolute Gasteiger partial charge is 0.310 e. The van der Waals surface area contributed by atoms with E-state index in [0.717, 1.165) is 17.1 Å². The molecule has 0 fully saturated rings. The molecular weight excluding hydrogens is 699 g/mol. The van der Waals surface area contributed by atoms with Gasteiger partial charge in [0.05, 0.1) is 5.69 Å². The highest BCUT2D eigenvalue weighted by Gasteiger charge is 2.36.